The van der Waals surface area contributed by atoms with Crippen molar-refractivity contribution in [3.63, 3.8) is 0 Å². The number of halogens is 3. The molecule has 2 aromatic carbocycles. The molecule has 0 bridgehead atoms. The average molecular weight is 329 g/mol. The lowest BCUT2D eigenvalue weighted by molar-refractivity contribution is 0.218. The Morgan fingerprint density at radius 3 is 2.32 bits per heavy atom. The van der Waals surface area contributed by atoms with Gasteiger partial charge in [-0.2, -0.15) is 0 Å². The van der Waals surface area contributed by atoms with Gasteiger partial charge in [0.05, 0.1) is 7.11 Å². The number of benzene rings is 2. The molecule has 0 aliphatic heterocycles. The Morgan fingerprint density at radius 2 is 1.74 bits per heavy atom. The van der Waals surface area contributed by atoms with E-state index in [1.165, 1.54) is 7.11 Å². The predicted octanol–water partition coefficient (Wildman–Crippen LogP) is 3.82. The van der Waals surface area contributed by atoms with Gasteiger partial charge in [-0.15, -0.1) is 0 Å². The summed E-state index contributed by atoms with van der Waals surface area (Å²) >= 11 is 3.29. The predicted molar refractivity (Wildman–Crippen MR) is 71.1 cm³/mol. The van der Waals surface area contributed by atoms with E-state index >= 15 is 0 Å². The molecule has 0 heterocycles. The van der Waals surface area contributed by atoms with Crippen molar-refractivity contribution in [3.05, 3.63) is 63.6 Å². The van der Waals surface area contributed by atoms with Crippen molar-refractivity contribution in [2.75, 3.05) is 7.11 Å². The summed E-state index contributed by atoms with van der Waals surface area (Å²) in [6.07, 6.45) is -1.14. The van der Waals surface area contributed by atoms with Gasteiger partial charge in [0, 0.05) is 16.1 Å². The van der Waals surface area contributed by atoms with E-state index in [9.17, 15) is 13.9 Å². The third-order valence-corrected chi connectivity index (χ3v) is 3.42. The molecule has 0 aromatic heterocycles. The van der Waals surface area contributed by atoms with E-state index < -0.39 is 17.7 Å². The standard InChI is InChI=1S/C14H11BrF2O2/c1-19-11-2-3-13(15)12(7-11)14(18)8-4-9(16)6-10(17)5-8/h2-7,14,18H,1H3. The molecule has 5 heteroatoms. The Labute approximate surface area is 117 Å². The summed E-state index contributed by atoms with van der Waals surface area (Å²) in [7, 11) is 1.50. The molecular weight excluding hydrogens is 318 g/mol. The number of hydrogen-bond donors (Lipinski definition) is 1. The van der Waals surface area contributed by atoms with Crippen LogP contribution in [0.5, 0.6) is 5.75 Å². The van der Waals surface area contributed by atoms with Crippen LogP contribution in [0.1, 0.15) is 17.2 Å². The van der Waals surface area contributed by atoms with Crippen LogP contribution in [-0.2, 0) is 0 Å². The van der Waals surface area contributed by atoms with Crippen molar-refractivity contribution in [3.8, 4) is 5.75 Å². The average Bonchev–Trinajstić information content (AvgIpc) is 2.37. The van der Waals surface area contributed by atoms with Crippen LogP contribution in [-0.4, -0.2) is 12.2 Å². The van der Waals surface area contributed by atoms with Gasteiger partial charge in [0.2, 0.25) is 0 Å². The molecular formula is C14H11BrF2O2. The molecule has 2 nitrogen and oxygen atoms in total. The highest BCUT2D eigenvalue weighted by atomic mass is 79.9. The van der Waals surface area contributed by atoms with Crippen molar-refractivity contribution in [2.45, 2.75) is 6.10 Å². The Hall–Kier alpha value is -1.46. The molecule has 0 amide bonds. The van der Waals surface area contributed by atoms with Crippen LogP contribution < -0.4 is 4.74 Å². The summed E-state index contributed by atoms with van der Waals surface area (Å²) in [6.45, 7) is 0. The van der Waals surface area contributed by atoms with Gasteiger partial charge in [0.25, 0.3) is 0 Å². The number of rotatable bonds is 3. The first-order valence-electron chi connectivity index (χ1n) is 5.48. The van der Waals surface area contributed by atoms with Crippen LogP contribution >= 0.6 is 15.9 Å². The van der Waals surface area contributed by atoms with Gasteiger partial charge in [-0.25, -0.2) is 8.78 Å². The number of aliphatic hydroxyl groups is 1. The Kier molecular flexibility index (Phi) is 4.17. The molecule has 0 aliphatic rings. The van der Waals surface area contributed by atoms with Gasteiger partial charge in [-0.05, 0) is 35.9 Å². The Balaban J connectivity index is 2.45. The molecule has 1 N–H and O–H groups in total. The second-order valence-electron chi connectivity index (χ2n) is 3.99. The second-order valence-corrected chi connectivity index (χ2v) is 4.85. The van der Waals surface area contributed by atoms with Gasteiger partial charge in [-0.1, -0.05) is 15.9 Å². The summed E-state index contributed by atoms with van der Waals surface area (Å²) in [5.74, 6) is -0.907. The zero-order chi connectivity index (χ0) is 14.0. The van der Waals surface area contributed by atoms with Gasteiger partial charge in [0.1, 0.15) is 23.5 Å². The molecule has 19 heavy (non-hydrogen) atoms. The third kappa shape index (κ3) is 3.11. The summed E-state index contributed by atoms with van der Waals surface area (Å²) < 4.78 is 32.0. The molecule has 100 valence electrons. The number of aliphatic hydroxyl groups excluding tert-OH is 1. The minimum absolute atomic E-state index is 0.145. The first kappa shape index (κ1) is 14.0. The number of hydrogen-bond acceptors (Lipinski definition) is 2. The normalized spacial score (nSPS) is 12.3. The fraction of sp³-hybridized carbons (Fsp3) is 0.143. The lowest BCUT2D eigenvalue weighted by Gasteiger charge is -2.14. The van der Waals surface area contributed by atoms with E-state index in [1.807, 2.05) is 0 Å². The van der Waals surface area contributed by atoms with E-state index in [4.69, 9.17) is 4.74 Å². The van der Waals surface area contributed by atoms with Crippen LogP contribution in [0.3, 0.4) is 0 Å². The minimum atomic E-state index is -1.14. The highest BCUT2D eigenvalue weighted by Gasteiger charge is 2.16. The summed E-state index contributed by atoms with van der Waals surface area (Å²) in [4.78, 5) is 0. The van der Waals surface area contributed by atoms with E-state index in [1.54, 1.807) is 18.2 Å². The summed E-state index contributed by atoms with van der Waals surface area (Å²) in [5, 5.41) is 10.2. The van der Waals surface area contributed by atoms with Gasteiger partial charge < -0.3 is 9.84 Å². The minimum Gasteiger partial charge on any atom is -0.497 e. The number of methoxy groups -OCH3 is 1. The third-order valence-electron chi connectivity index (χ3n) is 2.70. The maximum atomic E-state index is 13.2. The largest absolute Gasteiger partial charge is 0.497 e. The zero-order valence-corrected chi connectivity index (χ0v) is 11.6. The fourth-order valence-electron chi connectivity index (χ4n) is 1.77. The van der Waals surface area contributed by atoms with Crippen LogP contribution in [0.4, 0.5) is 8.78 Å². The van der Waals surface area contributed by atoms with Gasteiger partial charge in [-0.3, -0.25) is 0 Å². The fourth-order valence-corrected chi connectivity index (χ4v) is 2.23. The quantitative estimate of drug-likeness (QED) is 0.928. The lowest BCUT2D eigenvalue weighted by atomic mass is 10.0. The SMILES string of the molecule is COc1ccc(Br)c(C(O)c2cc(F)cc(F)c2)c1. The van der Waals surface area contributed by atoms with Crippen LogP contribution in [0.15, 0.2) is 40.9 Å². The van der Waals surface area contributed by atoms with Crippen LogP contribution in [0.25, 0.3) is 0 Å². The monoisotopic (exact) mass is 328 g/mol. The van der Waals surface area contributed by atoms with Gasteiger partial charge in [0.15, 0.2) is 0 Å². The van der Waals surface area contributed by atoms with Crippen molar-refractivity contribution in [1.29, 1.82) is 0 Å². The molecule has 0 radical (unpaired) electrons. The molecule has 0 saturated carbocycles. The molecule has 0 saturated heterocycles. The molecule has 2 rings (SSSR count). The lowest BCUT2D eigenvalue weighted by Crippen LogP contribution is -2.02. The topological polar surface area (TPSA) is 29.5 Å². The smallest absolute Gasteiger partial charge is 0.126 e. The van der Waals surface area contributed by atoms with E-state index in [-0.39, 0.29) is 5.56 Å². The van der Waals surface area contributed by atoms with Crippen LogP contribution in [0, 0.1) is 11.6 Å². The molecule has 0 aliphatic carbocycles. The molecule has 1 atom stereocenters. The van der Waals surface area contributed by atoms with Crippen molar-refractivity contribution in [1.82, 2.24) is 0 Å². The van der Waals surface area contributed by atoms with E-state index in [0.717, 1.165) is 18.2 Å². The van der Waals surface area contributed by atoms with E-state index in [0.29, 0.717) is 15.8 Å². The first-order valence-corrected chi connectivity index (χ1v) is 6.28. The first-order chi connectivity index (χ1) is 9.01. The highest BCUT2D eigenvalue weighted by Crippen LogP contribution is 2.32. The van der Waals surface area contributed by atoms with Crippen molar-refractivity contribution >= 4 is 15.9 Å². The van der Waals surface area contributed by atoms with Gasteiger partial charge >= 0.3 is 0 Å². The molecule has 1 unspecified atom stereocenters. The summed E-state index contributed by atoms with van der Waals surface area (Å²) in [5.41, 5.74) is 0.621. The Morgan fingerprint density at radius 1 is 1.11 bits per heavy atom. The van der Waals surface area contributed by atoms with E-state index in [2.05, 4.69) is 15.9 Å². The van der Waals surface area contributed by atoms with Crippen LogP contribution in [0.2, 0.25) is 0 Å². The molecule has 0 fully saturated rings. The van der Waals surface area contributed by atoms with Crippen molar-refractivity contribution in [2.24, 2.45) is 0 Å². The molecule has 0 spiro atoms. The summed E-state index contributed by atoms with van der Waals surface area (Å²) in [6, 6.07) is 7.98. The Bertz CT molecular complexity index is 582. The second kappa shape index (κ2) is 5.67. The maximum Gasteiger partial charge on any atom is 0.126 e. The molecule has 2 aromatic rings. The zero-order valence-electron chi connectivity index (χ0n) is 10.0. The highest BCUT2D eigenvalue weighted by molar-refractivity contribution is 9.10. The van der Waals surface area contributed by atoms with Crippen molar-refractivity contribution < 1.29 is 18.6 Å². The maximum absolute atomic E-state index is 13.2. The number of ether oxygens (including phenoxy) is 1.